The van der Waals surface area contributed by atoms with Gasteiger partial charge in [-0.05, 0) is 18.3 Å². The molecule has 18 heavy (non-hydrogen) atoms. The van der Waals surface area contributed by atoms with Gasteiger partial charge in [0, 0.05) is 32.2 Å². The van der Waals surface area contributed by atoms with Gasteiger partial charge in [0.25, 0.3) is 0 Å². The first-order chi connectivity index (χ1) is 8.61. The van der Waals surface area contributed by atoms with Crippen molar-refractivity contribution in [1.82, 2.24) is 9.97 Å². The molecule has 2 rings (SSSR count). The maximum atomic E-state index is 5.63. The van der Waals surface area contributed by atoms with Crippen molar-refractivity contribution in [3.63, 3.8) is 0 Å². The standard InChI is InChI=1S/C12H18N4OS/c1-12(2-6-17-7-3-12)8-16-11-9(10(13)18)14-4-5-15-11/h4-5H,2-3,6-8H2,1H3,(H2,13,18)(H,15,16). The summed E-state index contributed by atoms with van der Waals surface area (Å²) in [6.07, 6.45) is 5.32. The minimum absolute atomic E-state index is 0.225. The van der Waals surface area contributed by atoms with Gasteiger partial charge in [0.2, 0.25) is 0 Å². The lowest BCUT2D eigenvalue weighted by Gasteiger charge is -2.33. The van der Waals surface area contributed by atoms with E-state index in [4.69, 9.17) is 22.7 Å². The van der Waals surface area contributed by atoms with Gasteiger partial charge in [-0.3, -0.25) is 0 Å². The van der Waals surface area contributed by atoms with E-state index in [9.17, 15) is 0 Å². The van der Waals surface area contributed by atoms with E-state index in [2.05, 4.69) is 22.2 Å². The Morgan fingerprint density at radius 2 is 2.11 bits per heavy atom. The molecule has 1 aliphatic heterocycles. The van der Waals surface area contributed by atoms with E-state index < -0.39 is 0 Å². The molecule has 0 bridgehead atoms. The zero-order chi connectivity index (χ0) is 13.0. The monoisotopic (exact) mass is 266 g/mol. The minimum atomic E-state index is 0.225. The van der Waals surface area contributed by atoms with Gasteiger partial charge in [-0.2, -0.15) is 0 Å². The normalized spacial score (nSPS) is 18.3. The molecule has 0 amide bonds. The van der Waals surface area contributed by atoms with Crippen LogP contribution in [-0.4, -0.2) is 34.7 Å². The fourth-order valence-electron chi connectivity index (χ4n) is 1.99. The Labute approximate surface area is 112 Å². The number of nitrogens with zero attached hydrogens (tertiary/aromatic N) is 2. The van der Waals surface area contributed by atoms with Crippen molar-refractivity contribution >= 4 is 23.0 Å². The van der Waals surface area contributed by atoms with E-state index in [-0.39, 0.29) is 10.4 Å². The molecule has 1 aromatic heterocycles. The third-order valence-electron chi connectivity index (χ3n) is 3.31. The molecule has 0 spiro atoms. The van der Waals surface area contributed by atoms with Crippen LogP contribution in [0.25, 0.3) is 0 Å². The summed E-state index contributed by atoms with van der Waals surface area (Å²) in [5.74, 6) is 0.665. The predicted molar refractivity (Wildman–Crippen MR) is 74.6 cm³/mol. The van der Waals surface area contributed by atoms with Crippen LogP contribution in [0.15, 0.2) is 12.4 Å². The van der Waals surface area contributed by atoms with Crippen molar-refractivity contribution in [1.29, 1.82) is 0 Å². The van der Waals surface area contributed by atoms with E-state index >= 15 is 0 Å². The largest absolute Gasteiger partial charge is 0.388 e. The van der Waals surface area contributed by atoms with Gasteiger partial charge in [-0.1, -0.05) is 19.1 Å². The van der Waals surface area contributed by atoms with Crippen LogP contribution in [0.1, 0.15) is 25.5 Å². The van der Waals surface area contributed by atoms with Gasteiger partial charge in [-0.25, -0.2) is 9.97 Å². The van der Waals surface area contributed by atoms with Crippen molar-refractivity contribution in [3.8, 4) is 0 Å². The second-order valence-electron chi connectivity index (χ2n) is 4.89. The van der Waals surface area contributed by atoms with Gasteiger partial charge in [0.1, 0.15) is 10.7 Å². The summed E-state index contributed by atoms with van der Waals surface area (Å²) in [4.78, 5) is 8.66. The van der Waals surface area contributed by atoms with Crippen molar-refractivity contribution in [2.75, 3.05) is 25.1 Å². The lowest BCUT2D eigenvalue weighted by atomic mass is 9.82. The number of nitrogens with one attached hydrogen (secondary N) is 1. The quantitative estimate of drug-likeness (QED) is 0.801. The number of thiocarbonyl (C=S) groups is 1. The van der Waals surface area contributed by atoms with Crippen LogP contribution in [0.4, 0.5) is 5.82 Å². The van der Waals surface area contributed by atoms with Crippen molar-refractivity contribution in [3.05, 3.63) is 18.1 Å². The van der Waals surface area contributed by atoms with E-state index in [1.54, 1.807) is 12.4 Å². The lowest BCUT2D eigenvalue weighted by Crippen LogP contribution is -2.34. The summed E-state index contributed by atoms with van der Waals surface area (Å²) in [7, 11) is 0. The van der Waals surface area contributed by atoms with Crippen LogP contribution in [0.5, 0.6) is 0 Å². The van der Waals surface area contributed by atoms with Gasteiger partial charge in [0.15, 0.2) is 5.82 Å². The zero-order valence-corrected chi connectivity index (χ0v) is 11.3. The molecule has 0 saturated carbocycles. The molecule has 1 aromatic rings. The second kappa shape index (κ2) is 5.58. The molecular weight excluding hydrogens is 248 g/mol. The number of aromatic nitrogens is 2. The third kappa shape index (κ3) is 3.14. The van der Waals surface area contributed by atoms with Crippen LogP contribution in [0, 0.1) is 5.41 Å². The summed E-state index contributed by atoms with van der Waals surface area (Å²) < 4.78 is 5.38. The first kappa shape index (κ1) is 13.2. The summed E-state index contributed by atoms with van der Waals surface area (Å²) >= 11 is 4.96. The van der Waals surface area contributed by atoms with E-state index in [0.29, 0.717) is 11.5 Å². The molecular formula is C12H18N4OS. The third-order valence-corrected chi connectivity index (χ3v) is 3.51. The molecule has 6 heteroatoms. The highest BCUT2D eigenvalue weighted by molar-refractivity contribution is 7.80. The zero-order valence-electron chi connectivity index (χ0n) is 10.5. The Bertz CT molecular complexity index is 432. The molecule has 0 unspecified atom stereocenters. The number of nitrogens with two attached hydrogens (primary N) is 1. The Balaban J connectivity index is 2.03. The molecule has 1 saturated heterocycles. The molecule has 2 heterocycles. The molecule has 1 aliphatic rings. The maximum Gasteiger partial charge on any atom is 0.155 e. The number of ether oxygens (including phenoxy) is 1. The van der Waals surface area contributed by atoms with Gasteiger partial charge in [0.05, 0.1) is 0 Å². The highest BCUT2D eigenvalue weighted by atomic mass is 32.1. The van der Waals surface area contributed by atoms with Crippen LogP contribution in [-0.2, 0) is 4.74 Å². The number of anilines is 1. The molecule has 0 aliphatic carbocycles. The SMILES string of the molecule is CC1(CNc2nccnc2C(N)=S)CCOCC1. The van der Waals surface area contributed by atoms with Crippen molar-refractivity contribution < 1.29 is 4.74 Å². The topological polar surface area (TPSA) is 73.1 Å². The maximum absolute atomic E-state index is 5.63. The number of hydrogen-bond acceptors (Lipinski definition) is 5. The summed E-state index contributed by atoms with van der Waals surface area (Å²) in [6.45, 7) is 4.71. The molecule has 0 atom stereocenters. The van der Waals surface area contributed by atoms with Gasteiger partial charge in [-0.15, -0.1) is 0 Å². The predicted octanol–water partition coefficient (Wildman–Crippen LogP) is 1.34. The van der Waals surface area contributed by atoms with Crippen molar-refractivity contribution in [2.45, 2.75) is 19.8 Å². The van der Waals surface area contributed by atoms with Crippen LogP contribution < -0.4 is 11.1 Å². The lowest BCUT2D eigenvalue weighted by molar-refractivity contribution is 0.0299. The van der Waals surface area contributed by atoms with Crippen LogP contribution >= 0.6 is 12.2 Å². The van der Waals surface area contributed by atoms with Crippen LogP contribution in [0.3, 0.4) is 0 Å². The first-order valence-corrected chi connectivity index (χ1v) is 6.44. The molecule has 0 aromatic carbocycles. The Kier molecular flexibility index (Phi) is 4.08. The minimum Gasteiger partial charge on any atom is -0.388 e. The first-order valence-electron chi connectivity index (χ1n) is 6.03. The Hall–Kier alpha value is -1.27. The summed E-state index contributed by atoms with van der Waals surface area (Å²) in [6, 6.07) is 0. The average Bonchev–Trinajstić information content (AvgIpc) is 2.38. The molecule has 0 radical (unpaired) electrons. The molecule has 98 valence electrons. The fraction of sp³-hybridized carbons (Fsp3) is 0.583. The van der Waals surface area contributed by atoms with E-state index in [1.807, 2.05) is 0 Å². The highest BCUT2D eigenvalue weighted by Gasteiger charge is 2.27. The van der Waals surface area contributed by atoms with E-state index in [0.717, 1.165) is 32.6 Å². The summed E-state index contributed by atoms with van der Waals surface area (Å²) in [5.41, 5.74) is 6.41. The molecule has 5 nitrogen and oxygen atoms in total. The van der Waals surface area contributed by atoms with Gasteiger partial charge < -0.3 is 15.8 Å². The Morgan fingerprint density at radius 1 is 1.44 bits per heavy atom. The second-order valence-corrected chi connectivity index (χ2v) is 5.33. The summed E-state index contributed by atoms with van der Waals surface area (Å²) in [5, 5.41) is 3.31. The van der Waals surface area contributed by atoms with Crippen LogP contribution in [0.2, 0.25) is 0 Å². The Morgan fingerprint density at radius 3 is 2.78 bits per heavy atom. The van der Waals surface area contributed by atoms with Gasteiger partial charge >= 0.3 is 0 Å². The smallest absolute Gasteiger partial charge is 0.155 e. The van der Waals surface area contributed by atoms with E-state index in [1.165, 1.54) is 0 Å². The molecule has 1 fully saturated rings. The highest BCUT2D eigenvalue weighted by Crippen LogP contribution is 2.29. The number of rotatable bonds is 4. The average molecular weight is 266 g/mol. The van der Waals surface area contributed by atoms with Crippen molar-refractivity contribution in [2.24, 2.45) is 11.1 Å². The molecule has 3 N–H and O–H groups in total. The fourth-order valence-corrected chi connectivity index (χ4v) is 2.14. The number of hydrogen-bond donors (Lipinski definition) is 2.